The normalized spacial score (nSPS) is 13.3. The Morgan fingerprint density at radius 3 is 2.48 bits per heavy atom. The van der Waals surface area contributed by atoms with E-state index in [1.807, 2.05) is 39.8 Å². The van der Waals surface area contributed by atoms with Crippen LogP contribution in [0.4, 0.5) is 5.00 Å². The van der Waals surface area contributed by atoms with Crippen molar-refractivity contribution in [3.05, 3.63) is 50.9 Å². The van der Waals surface area contributed by atoms with Crippen molar-refractivity contribution in [2.24, 2.45) is 5.92 Å². The average Bonchev–Trinajstić information content (AvgIpc) is 3.40. The van der Waals surface area contributed by atoms with Crippen LogP contribution in [0.3, 0.4) is 0 Å². The number of carbonyl (C=O) groups is 3. The average molecular weight is 385 g/mol. The van der Waals surface area contributed by atoms with Crippen LogP contribution in [0.25, 0.3) is 0 Å². The molecule has 1 aromatic heterocycles. The lowest BCUT2D eigenvalue weighted by Crippen LogP contribution is -2.18. The monoisotopic (exact) mass is 385 g/mol. The van der Waals surface area contributed by atoms with Crippen LogP contribution < -0.4 is 5.32 Å². The topological polar surface area (TPSA) is 72.5 Å². The second-order valence-electron chi connectivity index (χ2n) is 7.07. The van der Waals surface area contributed by atoms with E-state index < -0.39 is 5.97 Å². The van der Waals surface area contributed by atoms with Crippen LogP contribution in [0, 0.1) is 33.6 Å². The molecule has 6 heteroatoms. The standard InChI is InChI=1S/C21H23NO4S/c1-11-5-8-16(12(2)9-11)17(23)10-26-21(25)18-13(3)14(4)27-20(18)22-19(24)15-6-7-15/h5,8-9,15H,6-7,10H2,1-4H3,(H,22,24). The molecule has 27 heavy (non-hydrogen) atoms. The second kappa shape index (κ2) is 7.64. The maximum Gasteiger partial charge on any atom is 0.341 e. The molecular formula is C21H23NO4S. The first kappa shape index (κ1) is 19.3. The molecule has 1 aliphatic rings. The van der Waals surface area contributed by atoms with E-state index in [0.29, 0.717) is 16.1 Å². The van der Waals surface area contributed by atoms with E-state index in [1.165, 1.54) is 11.3 Å². The van der Waals surface area contributed by atoms with Crippen LogP contribution in [0.2, 0.25) is 0 Å². The highest BCUT2D eigenvalue weighted by Crippen LogP contribution is 2.36. The lowest BCUT2D eigenvalue weighted by atomic mass is 10.0. The summed E-state index contributed by atoms with van der Waals surface area (Å²) < 4.78 is 5.29. The van der Waals surface area contributed by atoms with Crippen LogP contribution >= 0.6 is 11.3 Å². The van der Waals surface area contributed by atoms with Gasteiger partial charge in [-0.25, -0.2) is 4.79 Å². The van der Waals surface area contributed by atoms with Gasteiger partial charge in [-0.15, -0.1) is 11.3 Å². The first-order valence-corrected chi connectivity index (χ1v) is 9.78. The summed E-state index contributed by atoms with van der Waals surface area (Å²) in [7, 11) is 0. The van der Waals surface area contributed by atoms with E-state index in [9.17, 15) is 14.4 Å². The highest BCUT2D eigenvalue weighted by atomic mass is 32.1. The molecule has 142 valence electrons. The number of anilines is 1. The number of esters is 1. The summed E-state index contributed by atoms with van der Waals surface area (Å²) in [6.07, 6.45) is 1.78. The third kappa shape index (κ3) is 4.27. The molecule has 1 heterocycles. The third-order valence-corrected chi connectivity index (χ3v) is 5.91. The molecule has 1 N–H and O–H groups in total. The first-order valence-electron chi connectivity index (χ1n) is 8.96. The quantitative estimate of drug-likeness (QED) is 0.592. The predicted octanol–water partition coefficient (Wildman–Crippen LogP) is 4.37. The number of aryl methyl sites for hydroxylation is 3. The number of nitrogens with one attached hydrogen (secondary N) is 1. The molecule has 1 amide bonds. The Hall–Kier alpha value is -2.47. The van der Waals surface area contributed by atoms with Crippen molar-refractivity contribution in [2.45, 2.75) is 40.5 Å². The first-order chi connectivity index (χ1) is 12.8. The number of benzene rings is 1. The van der Waals surface area contributed by atoms with Crippen molar-refractivity contribution >= 4 is 34.0 Å². The van der Waals surface area contributed by atoms with Crippen molar-refractivity contribution in [1.82, 2.24) is 0 Å². The minimum atomic E-state index is -0.582. The van der Waals surface area contributed by atoms with Gasteiger partial charge in [0.05, 0.1) is 5.56 Å². The number of hydrogen-bond donors (Lipinski definition) is 1. The van der Waals surface area contributed by atoms with Crippen LogP contribution in [-0.4, -0.2) is 24.3 Å². The van der Waals surface area contributed by atoms with E-state index in [4.69, 9.17) is 4.74 Å². The van der Waals surface area contributed by atoms with E-state index in [2.05, 4.69) is 5.32 Å². The van der Waals surface area contributed by atoms with Gasteiger partial charge in [-0.3, -0.25) is 9.59 Å². The van der Waals surface area contributed by atoms with E-state index in [1.54, 1.807) is 6.07 Å². The molecule has 0 unspecified atom stereocenters. The van der Waals surface area contributed by atoms with Gasteiger partial charge in [0, 0.05) is 16.4 Å². The Morgan fingerprint density at radius 2 is 1.85 bits per heavy atom. The summed E-state index contributed by atoms with van der Waals surface area (Å²) >= 11 is 1.36. The van der Waals surface area contributed by atoms with Gasteiger partial charge in [0.1, 0.15) is 5.00 Å². The Kier molecular flexibility index (Phi) is 5.46. The fourth-order valence-corrected chi connectivity index (χ4v) is 3.98. The van der Waals surface area contributed by atoms with Gasteiger partial charge in [0.2, 0.25) is 11.7 Å². The van der Waals surface area contributed by atoms with Crippen LogP contribution in [0.1, 0.15) is 55.1 Å². The van der Waals surface area contributed by atoms with Crippen molar-refractivity contribution < 1.29 is 19.1 Å². The van der Waals surface area contributed by atoms with Crippen molar-refractivity contribution in [2.75, 3.05) is 11.9 Å². The summed E-state index contributed by atoms with van der Waals surface area (Å²) in [5.41, 5.74) is 3.60. The molecule has 1 fully saturated rings. The lowest BCUT2D eigenvalue weighted by Gasteiger charge is -2.09. The number of ether oxygens (including phenoxy) is 1. The molecule has 0 saturated heterocycles. The predicted molar refractivity (Wildman–Crippen MR) is 106 cm³/mol. The Balaban J connectivity index is 1.72. The highest BCUT2D eigenvalue weighted by Gasteiger charge is 2.31. The molecule has 0 aliphatic heterocycles. The summed E-state index contributed by atoms with van der Waals surface area (Å²) in [5, 5.41) is 3.35. The number of carbonyl (C=O) groups excluding carboxylic acids is 3. The van der Waals surface area contributed by atoms with E-state index >= 15 is 0 Å². The minimum absolute atomic E-state index is 0.0441. The molecule has 0 atom stereocenters. The number of Topliss-reactive ketones (excluding diaryl/α,β-unsaturated/α-hetero) is 1. The van der Waals surface area contributed by atoms with Crippen molar-refractivity contribution in [1.29, 1.82) is 0 Å². The molecule has 1 aliphatic carbocycles. The Bertz CT molecular complexity index is 925. The SMILES string of the molecule is Cc1ccc(C(=O)COC(=O)c2c(NC(=O)C3CC3)sc(C)c2C)c(C)c1. The zero-order chi connectivity index (χ0) is 19.7. The van der Waals surface area contributed by atoms with Gasteiger partial charge in [0.25, 0.3) is 0 Å². The molecule has 0 bridgehead atoms. The fraction of sp³-hybridized carbons (Fsp3) is 0.381. The van der Waals surface area contributed by atoms with Crippen LogP contribution in [0.5, 0.6) is 0 Å². The molecule has 0 spiro atoms. The van der Waals surface area contributed by atoms with Crippen LogP contribution in [0.15, 0.2) is 18.2 Å². The molecule has 5 nitrogen and oxygen atoms in total. The third-order valence-electron chi connectivity index (χ3n) is 4.79. The molecule has 3 rings (SSSR count). The summed E-state index contributed by atoms with van der Waals surface area (Å²) in [6, 6.07) is 5.54. The van der Waals surface area contributed by atoms with Gasteiger partial charge in [-0.1, -0.05) is 23.8 Å². The van der Waals surface area contributed by atoms with E-state index in [0.717, 1.165) is 34.4 Å². The summed E-state index contributed by atoms with van der Waals surface area (Å²) in [6.45, 7) is 7.21. The summed E-state index contributed by atoms with van der Waals surface area (Å²) in [5.74, 6) is -0.839. The number of thiophene rings is 1. The zero-order valence-electron chi connectivity index (χ0n) is 16.0. The maximum atomic E-state index is 12.6. The molecule has 0 radical (unpaired) electrons. The maximum absolute atomic E-state index is 12.6. The minimum Gasteiger partial charge on any atom is -0.454 e. The largest absolute Gasteiger partial charge is 0.454 e. The summed E-state index contributed by atoms with van der Waals surface area (Å²) in [4.78, 5) is 38.1. The van der Waals surface area contributed by atoms with Gasteiger partial charge >= 0.3 is 5.97 Å². The number of amides is 1. The highest BCUT2D eigenvalue weighted by molar-refractivity contribution is 7.16. The number of hydrogen-bond acceptors (Lipinski definition) is 5. The smallest absolute Gasteiger partial charge is 0.341 e. The lowest BCUT2D eigenvalue weighted by molar-refractivity contribution is -0.117. The zero-order valence-corrected chi connectivity index (χ0v) is 16.8. The Morgan fingerprint density at radius 1 is 1.15 bits per heavy atom. The number of rotatable bonds is 6. The van der Waals surface area contributed by atoms with Gasteiger partial charge in [-0.2, -0.15) is 0 Å². The Labute approximate surface area is 162 Å². The molecule has 2 aromatic rings. The molecule has 1 saturated carbocycles. The second-order valence-corrected chi connectivity index (χ2v) is 8.29. The van der Waals surface area contributed by atoms with Gasteiger partial charge < -0.3 is 10.1 Å². The van der Waals surface area contributed by atoms with Crippen molar-refractivity contribution in [3.8, 4) is 0 Å². The number of ketones is 1. The molecule has 1 aromatic carbocycles. The fourth-order valence-electron chi connectivity index (χ4n) is 2.93. The van der Waals surface area contributed by atoms with Crippen LogP contribution in [-0.2, 0) is 9.53 Å². The van der Waals surface area contributed by atoms with E-state index in [-0.39, 0.29) is 24.2 Å². The van der Waals surface area contributed by atoms with Crippen molar-refractivity contribution in [3.63, 3.8) is 0 Å². The van der Waals surface area contributed by atoms with Gasteiger partial charge in [0.15, 0.2) is 6.61 Å². The molecular weight excluding hydrogens is 362 g/mol. The van der Waals surface area contributed by atoms with Gasteiger partial charge in [-0.05, 0) is 51.7 Å².